The van der Waals surface area contributed by atoms with Crippen LogP contribution in [0.15, 0.2) is 78.1 Å². The van der Waals surface area contributed by atoms with E-state index in [1.165, 1.54) is 16.4 Å². The minimum atomic E-state index is -3.99. The van der Waals surface area contributed by atoms with Crippen LogP contribution in [0.5, 0.6) is 0 Å². The molecule has 3 unspecified atom stereocenters. The average Bonchev–Trinajstić information content (AvgIpc) is 3.62. The van der Waals surface area contributed by atoms with Crippen LogP contribution in [0, 0.1) is 11.8 Å². The molecule has 230 valence electrons. The van der Waals surface area contributed by atoms with Gasteiger partial charge in [0.1, 0.15) is 6.10 Å². The summed E-state index contributed by atoms with van der Waals surface area (Å²) in [5.74, 6) is -0.0504. The number of aromatic nitrogens is 2. The van der Waals surface area contributed by atoms with Crippen molar-refractivity contribution < 1.29 is 32.5 Å². The number of fused-ring (bicyclic) bond motifs is 1. The van der Waals surface area contributed by atoms with E-state index in [1.54, 1.807) is 30.7 Å². The van der Waals surface area contributed by atoms with Crippen LogP contribution < -0.4 is 5.32 Å². The molecule has 3 aromatic rings. The Kier molecular flexibility index (Phi) is 10.0. The van der Waals surface area contributed by atoms with Crippen LogP contribution in [0.25, 0.3) is 11.3 Å². The van der Waals surface area contributed by atoms with Crippen LogP contribution in [0.4, 0.5) is 4.79 Å². The van der Waals surface area contributed by atoms with Crippen LogP contribution in [-0.4, -0.2) is 84.7 Å². The number of hydrogen-bond acceptors (Lipinski definition) is 9. The maximum atomic E-state index is 13.8. The predicted molar refractivity (Wildman–Crippen MR) is 158 cm³/mol. The molecule has 5 rings (SSSR count). The number of aliphatic hydroxyl groups excluding tert-OH is 1. The Morgan fingerprint density at radius 2 is 1.86 bits per heavy atom. The summed E-state index contributed by atoms with van der Waals surface area (Å²) >= 11 is 0. The fourth-order valence-electron chi connectivity index (χ4n) is 5.43. The van der Waals surface area contributed by atoms with Crippen LogP contribution in [0.3, 0.4) is 0 Å². The molecule has 2 aliphatic rings. The van der Waals surface area contributed by atoms with Crippen LogP contribution in [0.1, 0.15) is 25.8 Å². The van der Waals surface area contributed by atoms with E-state index in [0.717, 1.165) is 17.5 Å². The van der Waals surface area contributed by atoms with E-state index in [1.807, 2.05) is 44.2 Å². The van der Waals surface area contributed by atoms with Gasteiger partial charge in [-0.05, 0) is 36.5 Å². The number of alkyl carbamates (subject to hydrolysis) is 1. The third-order valence-electron chi connectivity index (χ3n) is 7.62. The lowest BCUT2D eigenvalue weighted by Crippen LogP contribution is -2.51. The van der Waals surface area contributed by atoms with E-state index in [-0.39, 0.29) is 49.1 Å². The monoisotopic (exact) mass is 610 g/mol. The van der Waals surface area contributed by atoms with E-state index in [2.05, 4.69) is 15.3 Å². The van der Waals surface area contributed by atoms with Crippen molar-refractivity contribution in [2.75, 3.05) is 26.3 Å². The third kappa shape index (κ3) is 7.76. The van der Waals surface area contributed by atoms with E-state index in [4.69, 9.17) is 14.2 Å². The number of carbonyl (C=O) groups is 1. The number of aliphatic hydroxyl groups is 1. The zero-order valence-electron chi connectivity index (χ0n) is 24.3. The lowest BCUT2D eigenvalue weighted by Gasteiger charge is -2.31. The number of hydrogen-bond donors (Lipinski definition) is 2. The number of amides is 1. The Morgan fingerprint density at radius 1 is 1.09 bits per heavy atom. The standard InChI is InChI=1S/C31H38N4O7S/c1-21(2)18-35(43(38,39)24-10-8-23(9-11-24)27-17-32-13-14-33-27)19-28(36)26(16-22-6-4-3-5-7-22)34-31(37)42-29-20-41-30-25(29)12-15-40-30/h3-11,13-14,17,21,25-26,28-30,36H,12,15-16,18-20H2,1-2H3,(H,34,37)/t25?,26-,28+,29?,30?/m0/s1. The van der Waals surface area contributed by atoms with Gasteiger partial charge in [-0.25, -0.2) is 13.2 Å². The molecule has 2 aliphatic heterocycles. The molecule has 2 fully saturated rings. The summed E-state index contributed by atoms with van der Waals surface area (Å²) in [5, 5.41) is 14.3. The lowest BCUT2D eigenvalue weighted by molar-refractivity contribution is -0.0907. The second kappa shape index (κ2) is 13.9. The molecule has 12 heteroatoms. The minimum absolute atomic E-state index is 0.0183. The molecule has 1 amide bonds. The highest BCUT2D eigenvalue weighted by molar-refractivity contribution is 7.89. The third-order valence-corrected chi connectivity index (χ3v) is 9.47. The largest absolute Gasteiger partial charge is 0.443 e. The summed E-state index contributed by atoms with van der Waals surface area (Å²) in [6.07, 6.45) is 3.01. The van der Waals surface area contributed by atoms with Gasteiger partial charge in [-0.3, -0.25) is 9.97 Å². The van der Waals surface area contributed by atoms with Gasteiger partial charge in [0.15, 0.2) is 6.29 Å². The Morgan fingerprint density at radius 3 is 2.56 bits per heavy atom. The predicted octanol–water partition coefficient (Wildman–Crippen LogP) is 3.25. The second-order valence-corrected chi connectivity index (χ2v) is 13.2. The maximum absolute atomic E-state index is 13.8. The van der Waals surface area contributed by atoms with Crippen molar-refractivity contribution in [2.45, 2.75) is 56.1 Å². The van der Waals surface area contributed by atoms with E-state index in [0.29, 0.717) is 12.3 Å². The molecule has 0 spiro atoms. The van der Waals surface area contributed by atoms with Crippen molar-refractivity contribution >= 4 is 16.1 Å². The number of nitrogens with zero attached hydrogens (tertiary/aromatic N) is 3. The molecule has 2 N–H and O–H groups in total. The van der Waals surface area contributed by atoms with Gasteiger partial charge >= 0.3 is 6.09 Å². The highest BCUT2D eigenvalue weighted by Crippen LogP contribution is 2.33. The SMILES string of the molecule is CC(C)CN(C[C@@H](O)[C@H](Cc1ccccc1)NC(=O)OC1COC2OCCC12)S(=O)(=O)c1ccc(-c2cnccn2)cc1. The highest BCUT2D eigenvalue weighted by Gasteiger charge is 2.44. The quantitative estimate of drug-likeness (QED) is 0.316. The number of sulfonamides is 1. The van der Waals surface area contributed by atoms with E-state index in [9.17, 15) is 18.3 Å². The number of ether oxygens (including phenoxy) is 3. The molecule has 2 aromatic carbocycles. The molecule has 0 saturated carbocycles. The number of rotatable bonds is 12. The topological polar surface area (TPSA) is 140 Å². The van der Waals surface area contributed by atoms with E-state index >= 15 is 0 Å². The molecule has 0 aliphatic carbocycles. The molecule has 5 atom stereocenters. The summed E-state index contributed by atoms with van der Waals surface area (Å²) < 4.78 is 45.7. The Labute approximate surface area is 252 Å². The first-order valence-corrected chi connectivity index (χ1v) is 15.9. The van der Waals surface area contributed by atoms with Gasteiger partial charge in [0, 0.05) is 31.0 Å². The number of benzene rings is 2. The average molecular weight is 611 g/mol. The molecule has 11 nitrogen and oxygen atoms in total. The number of carbonyl (C=O) groups excluding carboxylic acids is 1. The van der Waals surface area contributed by atoms with Crippen molar-refractivity contribution in [3.05, 3.63) is 78.8 Å². The minimum Gasteiger partial charge on any atom is -0.443 e. The molecule has 0 radical (unpaired) electrons. The molecular formula is C31H38N4O7S. The van der Waals surface area contributed by atoms with Gasteiger partial charge < -0.3 is 24.6 Å². The molecule has 43 heavy (non-hydrogen) atoms. The first-order chi connectivity index (χ1) is 20.7. The van der Waals surface area contributed by atoms with Crippen LogP contribution in [-0.2, 0) is 30.7 Å². The van der Waals surface area contributed by atoms with Gasteiger partial charge in [-0.2, -0.15) is 4.31 Å². The fraction of sp³-hybridized carbons (Fsp3) is 0.452. The number of nitrogens with one attached hydrogen (secondary N) is 1. The van der Waals surface area contributed by atoms with Crippen molar-refractivity contribution in [3.8, 4) is 11.3 Å². The van der Waals surface area contributed by atoms with Gasteiger partial charge in [0.05, 0.1) is 48.1 Å². The summed E-state index contributed by atoms with van der Waals surface area (Å²) in [6, 6.07) is 15.0. The summed E-state index contributed by atoms with van der Waals surface area (Å²) in [4.78, 5) is 21.5. The second-order valence-electron chi connectivity index (χ2n) is 11.3. The molecule has 1 aromatic heterocycles. The summed E-state index contributed by atoms with van der Waals surface area (Å²) in [6.45, 7) is 4.56. The van der Waals surface area contributed by atoms with Crippen LogP contribution in [0.2, 0.25) is 0 Å². The molecule has 0 bridgehead atoms. The first-order valence-electron chi connectivity index (χ1n) is 14.5. The van der Waals surface area contributed by atoms with Crippen molar-refractivity contribution in [3.63, 3.8) is 0 Å². The normalized spacial score (nSPS) is 21.5. The van der Waals surface area contributed by atoms with E-state index < -0.39 is 34.4 Å². The summed E-state index contributed by atoms with van der Waals surface area (Å²) in [7, 11) is -3.99. The van der Waals surface area contributed by atoms with Crippen molar-refractivity contribution in [1.82, 2.24) is 19.6 Å². The molecule has 3 heterocycles. The van der Waals surface area contributed by atoms with Crippen LogP contribution >= 0.6 is 0 Å². The highest BCUT2D eigenvalue weighted by atomic mass is 32.2. The smallest absolute Gasteiger partial charge is 0.407 e. The van der Waals surface area contributed by atoms with Gasteiger partial charge in [-0.1, -0.05) is 56.3 Å². The van der Waals surface area contributed by atoms with Gasteiger partial charge in [-0.15, -0.1) is 0 Å². The summed E-state index contributed by atoms with van der Waals surface area (Å²) in [5.41, 5.74) is 2.23. The maximum Gasteiger partial charge on any atom is 0.407 e. The first kappa shape index (κ1) is 31.0. The lowest BCUT2D eigenvalue weighted by atomic mass is 10.0. The fourth-order valence-corrected chi connectivity index (χ4v) is 7.05. The molecular weight excluding hydrogens is 572 g/mol. The zero-order valence-corrected chi connectivity index (χ0v) is 25.1. The zero-order chi connectivity index (χ0) is 30.4. The van der Waals surface area contributed by atoms with Gasteiger partial charge in [0.25, 0.3) is 0 Å². The Bertz CT molecular complexity index is 1440. The Balaban J connectivity index is 1.33. The van der Waals surface area contributed by atoms with Crippen molar-refractivity contribution in [1.29, 1.82) is 0 Å². The Hall–Kier alpha value is -3.42. The molecule has 2 saturated heterocycles. The van der Waals surface area contributed by atoms with Gasteiger partial charge in [0.2, 0.25) is 10.0 Å². The van der Waals surface area contributed by atoms with Crippen molar-refractivity contribution in [2.24, 2.45) is 11.8 Å².